The molecule has 1 rings (SSSR count). The van der Waals surface area contributed by atoms with Crippen molar-refractivity contribution in [3.63, 3.8) is 0 Å². The minimum absolute atomic E-state index is 0.0268. The Hall–Kier alpha value is -1.64. The summed E-state index contributed by atoms with van der Waals surface area (Å²) in [7, 11) is 0. The number of carbonyl (C=O) groups is 2. The highest BCUT2D eigenvalue weighted by Crippen LogP contribution is 2.15. The molecule has 0 saturated heterocycles. The second-order valence-electron chi connectivity index (χ2n) is 5.98. The Kier molecular flexibility index (Phi) is 10.0. The van der Waals surface area contributed by atoms with Crippen LogP contribution in [0.15, 0.2) is 24.3 Å². The summed E-state index contributed by atoms with van der Waals surface area (Å²) in [6.07, 6.45) is 9.22. The van der Waals surface area contributed by atoms with Crippen LogP contribution in [0.2, 0.25) is 0 Å². The third-order valence-electron chi connectivity index (χ3n) is 3.94. The van der Waals surface area contributed by atoms with E-state index in [1.54, 1.807) is 24.3 Å². The predicted octanol–water partition coefficient (Wildman–Crippen LogP) is 5.58. The molecule has 0 aliphatic rings. The van der Waals surface area contributed by atoms with Crippen molar-refractivity contribution in [2.75, 3.05) is 6.61 Å². The molecule has 0 N–H and O–H groups in total. The monoisotopic (exact) mass is 318 g/mol. The maximum atomic E-state index is 12.2. The van der Waals surface area contributed by atoms with Gasteiger partial charge < -0.3 is 4.74 Å². The van der Waals surface area contributed by atoms with E-state index in [1.807, 2.05) is 6.92 Å². The quantitative estimate of drug-likeness (QED) is 0.287. The van der Waals surface area contributed by atoms with Crippen LogP contribution in [0.1, 0.15) is 92.4 Å². The van der Waals surface area contributed by atoms with Crippen LogP contribution >= 0.6 is 0 Å². The van der Waals surface area contributed by atoms with Crippen molar-refractivity contribution in [1.29, 1.82) is 0 Å². The van der Waals surface area contributed by atoms with E-state index >= 15 is 0 Å². The number of Topliss-reactive ketones (excluding diaryl/α,β-unsaturated/α-hetero) is 1. The fraction of sp³-hybridized carbons (Fsp3) is 0.600. The minimum Gasteiger partial charge on any atom is -0.462 e. The topological polar surface area (TPSA) is 43.4 Å². The lowest BCUT2D eigenvalue weighted by atomic mass is 10.00. The second kappa shape index (κ2) is 11.9. The zero-order valence-corrected chi connectivity index (χ0v) is 14.6. The molecular weight excluding hydrogens is 288 g/mol. The molecule has 0 fully saturated rings. The van der Waals surface area contributed by atoms with Gasteiger partial charge in [-0.25, -0.2) is 4.79 Å². The lowest BCUT2D eigenvalue weighted by Crippen LogP contribution is -2.12. The number of ketones is 1. The van der Waals surface area contributed by atoms with E-state index in [4.69, 9.17) is 4.74 Å². The van der Waals surface area contributed by atoms with Crippen LogP contribution in [-0.4, -0.2) is 18.4 Å². The first kappa shape index (κ1) is 19.4. The van der Waals surface area contributed by atoms with E-state index in [1.165, 1.54) is 25.7 Å². The molecule has 3 heteroatoms. The molecule has 0 spiro atoms. The van der Waals surface area contributed by atoms with Crippen LogP contribution in [0.4, 0.5) is 0 Å². The van der Waals surface area contributed by atoms with Crippen molar-refractivity contribution >= 4 is 11.8 Å². The van der Waals surface area contributed by atoms with Gasteiger partial charge in [0.25, 0.3) is 0 Å². The van der Waals surface area contributed by atoms with E-state index in [0.29, 0.717) is 24.2 Å². The summed E-state index contributed by atoms with van der Waals surface area (Å²) in [6, 6.07) is 6.98. The number of carbonyl (C=O) groups excluding carboxylic acids is 2. The van der Waals surface area contributed by atoms with Gasteiger partial charge in [0, 0.05) is 12.0 Å². The zero-order valence-electron chi connectivity index (χ0n) is 14.6. The first-order valence-corrected chi connectivity index (χ1v) is 9.00. The Bertz CT molecular complexity index is 480. The Balaban J connectivity index is 2.45. The fourth-order valence-corrected chi connectivity index (χ4v) is 2.50. The average molecular weight is 318 g/mol. The molecular formula is C20H30O3. The summed E-state index contributed by atoms with van der Waals surface area (Å²) in [5.41, 5.74) is 0.897. The van der Waals surface area contributed by atoms with Crippen molar-refractivity contribution in [3.8, 4) is 0 Å². The van der Waals surface area contributed by atoms with Crippen molar-refractivity contribution in [3.05, 3.63) is 35.4 Å². The van der Waals surface area contributed by atoms with Crippen LogP contribution in [0.3, 0.4) is 0 Å². The Morgan fingerprint density at radius 3 is 2.13 bits per heavy atom. The van der Waals surface area contributed by atoms with Crippen molar-refractivity contribution in [2.24, 2.45) is 0 Å². The number of esters is 1. The third kappa shape index (κ3) is 7.45. The predicted molar refractivity (Wildman–Crippen MR) is 94.0 cm³/mol. The van der Waals surface area contributed by atoms with Gasteiger partial charge in [-0.2, -0.15) is 0 Å². The molecule has 0 heterocycles. The lowest BCUT2D eigenvalue weighted by molar-refractivity contribution is 0.0494. The standard InChI is InChI=1S/C20H30O3/c1-3-5-7-8-9-12-16-23-20(22)18-14-11-10-13-17(18)19(21)15-6-4-2/h10-11,13-14H,3-9,12,15-16H2,1-2H3. The Morgan fingerprint density at radius 1 is 0.826 bits per heavy atom. The van der Waals surface area contributed by atoms with E-state index < -0.39 is 0 Å². The molecule has 23 heavy (non-hydrogen) atoms. The van der Waals surface area contributed by atoms with Gasteiger partial charge in [0.05, 0.1) is 12.2 Å². The zero-order chi connectivity index (χ0) is 16.9. The van der Waals surface area contributed by atoms with Crippen LogP contribution in [-0.2, 0) is 4.74 Å². The van der Waals surface area contributed by atoms with Gasteiger partial charge in [0.15, 0.2) is 5.78 Å². The van der Waals surface area contributed by atoms with Crippen molar-refractivity contribution < 1.29 is 14.3 Å². The molecule has 0 unspecified atom stereocenters. The molecule has 128 valence electrons. The number of benzene rings is 1. The van der Waals surface area contributed by atoms with Crippen LogP contribution in [0.5, 0.6) is 0 Å². The molecule has 0 radical (unpaired) electrons. The van der Waals surface area contributed by atoms with Gasteiger partial charge in [0.1, 0.15) is 0 Å². The number of rotatable bonds is 12. The maximum absolute atomic E-state index is 12.2. The van der Waals surface area contributed by atoms with Gasteiger partial charge in [-0.05, 0) is 18.9 Å². The molecule has 0 amide bonds. The van der Waals surface area contributed by atoms with Gasteiger partial charge >= 0.3 is 5.97 Å². The van der Waals surface area contributed by atoms with Crippen LogP contribution in [0, 0.1) is 0 Å². The lowest BCUT2D eigenvalue weighted by Gasteiger charge is -2.09. The largest absolute Gasteiger partial charge is 0.462 e. The summed E-state index contributed by atoms with van der Waals surface area (Å²) < 4.78 is 5.34. The molecule has 0 aromatic heterocycles. The minimum atomic E-state index is -0.376. The number of unbranched alkanes of at least 4 members (excludes halogenated alkanes) is 6. The maximum Gasteiger partial charge on any atom is 0.338 e. The summed E-state index contributed by atoms with van der Waals surface area (Å²) in [4.78, 5) is 24.4. The van der Waals surface area contributed by atoms with Gasteiger partial charge in [-0.3, -0.25) is 4.79 Å². The van der Waals surface area contributed by atoms with E-state index in [-0.39, 0.29) is 11.8 Å². The Morgan fingerprint density at radius 2 is 1.43 bits per heavy atom. The third-order valence-corrected chi connectivity index (χ3v) is 3.94. The molecule has 0 aliphatic carbocycles. The summed E-state index contributed by atoms with van der Waals surface area (Å²) in [6.45, 7) is 4.68. The highest BCUT2D eigenvalue weighted by Gasteiger charge is 2.17. The second-order valence-corrected chi connectivity index (χ2v) is 5.98. The van der Waals surface area contributed by atoms with Crippen molar-refractivity contribution in [1.82, 2.24) is 0 Å². The fourth-order valence-electron chi connectivity index (χ4n) is 2.50. The van der Waals surface area contributed by atoms with E-state index in [0.717, 1.165) is 25.7 Å². The molecule has 0 bridgehead atoms. The van der Waals surface area contributed by atoms with E-state index in [9.17, 15) is 9.59 Å². The smallest absolute Gasteiger partial charge is 0.338 e. The Labute approximate surface area is 140 Å². The van der Waals surface area contributed by atoms with Gasteiger partial charge in [0.2, 0.25) is 0 Å². The molecule has 0 saturated carbocycles. The number of hydrogen-bond acceptors (Lipinski definition) is 3. The molecule has 3 nitrogen and oxygen atoms in total. The summed E-state index contributed by atoms with van der Waals surface area (Å²) in [5.74, 6) is -0.349. The highest BCUT2D eigenvalue weighted by atomic mass is 16.5. The normalized spacial score (nSPS) is 10.5. The molecule has 0 aliphatic heterocycles. The number of hydrogen-bond donors (Lipinski definition) is 0. The van der Waals surface area contributed by atoms with E-state index in [2.05, 4.69) is 6.92 Å². The average Bonchev–Trinajstić information content (AvgIpc) is 2.58. The highest BCUT2D eigenvalue weighted by molar-refractivity contribution is 6.06. The SMILES string of the molecule is CCCCCCCCOC(=O)c1ccccc1C(=O)CCCC. The summed E-state index contributed by atoms with van der Waals surface area (Å²) in [5, 5.41) is 0. The molecule has 1 aromatic rings. The van der Waals surface area contributed by atoms with Crippen molar-refractivity contribution in [2.45, 2.75) is 71.6 Å². The summed E-state index contributed by atoms with van der Waals surface area (Å²) >= 11 is 0. The van der Waals surface area contributed by atoms with Crippen LogP contribution < -0.4 is 0 Å². The molecule has 0 atom stereocenters. The van der Waals surface area contributed by atoms with Crippen LogP contribution in [0.25, 0.3) is 0 Å². The number of ether oxygens (including phenoxy) is 1. The van der Waals surface area contributed by atoms with Gasteiger partial charge in [-0.1, -0.05) is 70.6 Å². The van der Waals surface area contributed by atoms with Gasteiger partial charge in [-0.15, -0.1) is 0 Å². The first-order chi connectivity index (χ1) is 11.2. The first-order valence-electron chi connectivity index (χ1n) is 9.00. The molecule has 1 aromatic carbocycles.